The van der Waals surface area contributed by atoms with E-state index in [1.807, 2.05) is 26.8 Å². The van der Waals surface area contributed by atoms with E-state index in [2.05, 4.69) is 15.2 Å². The van der Waals surface area contributed by atoms with E-state index in [0.717, 1.165) is 25.0 Å². The van der Waals surface area contributed by atoms with Crippen molar-refractivity contribution >= 4 is 6.09 Å². The zero-order valence-electron chi connectivity index (χ0n) is 15.5. The van der Waals surface area contributed by atoms with Gasteiger partial charge in [-0.05, 0) is 52.9 Å². The SMILES string of the molecule is CC(C)(C)OC(=O)NC12CC(c3cc(C4CC(OC(F)(F)F)C4)no3)(C1)C2. The van der Waals surface area contributed by atoms with Gasteiger partial charge < -0.3 is 14.6 Å². The lowest BCUT2D eigenvalue weighted by Gasteiger charge is -2.68. The van der Waals surface area contributed by atoms with Crippen LogP contribution >= 0.6 is 0 Å². The van der Waals surface area contributed by atoms with Gasteiger partial charge in [-0.2, -0.15) is 0 Å². The number of nitrogens with zero attached hydrogens (tertiary/aromatic N) is 1. The summed E-state index contributed by atoms with van der Waals surface area (Å²) in [6.45, 7) is 5.45. The molecule has 6 nitrogen and oxygen atoms in total. The summed E-state index contributed by atoms with van der Waals surface area (Å²) in [4.78, 5) is 11.9. The highest BCUT2D eigenvalue weighted by Gasteiger charge is 2.71. The maximum absolute atomic E-state index is 12.2. The Balaban J connectivity index is 1.28. The van der Waals surface area contributed by atoms with E-state index in [0.29, 0.717) is 18.5 Å². The number of carbonyl (C=O) groups is 1. The summed E-state index contributed by atoms with van der Waals surface area (Å²) < 4.78 is 51.4. The first-order valence-electron chi connectivity index (χ1n) is 9.10. The molecule has 0 aromatic carbocycles. The van der Waals surface area contributed by atoms with E-state index < -0.39 is 24.2 Å². The lowest BCUT2D eigenvalue weighted by atomic mass is 9.38. The minimum absolute atomic E-state index is 0.0592. The quantitative estimate of drug-likeness (QED) is 0.839. The smallest absolute Gasteiger partial charge is 0.444 e. The van der Waals surface area contributed by atoms with Gasteiger partial charge in [0.1, 0.15) is 11.4 Å². The van der Waals surface area contributed by atoms with E-state index in [-0.39, 0.29) is 16.9 Å². The van der Waals surface area contributed by atoms with Gasteiger partial charge in [-0.1, -0.05) is 5.16 Å². The number of nitrogens with one attached hydrogen (secondary N) is 1. The molecule has 5 rings (SSSR count). The third-order valence-corrected chi connectivity index (χ3v) is 5.66. The highest BCUT2D eigenvalue weighted by Crippen LogP contribution is 2.68. The number of carbonyl (C=O) groups excluding carboxylic acids is 1. The fraction of sp³-hybridized carbons (Fsp3) is 0.778. The Hall–Kier alpha value is -1.77. The summed E-state index contributed by atoms with van der Waals surface area (Å²) >= 11 is 0. The minimum Gasteiger partial charge on any atom is -0.444 e. The van der Waals surface area contributed by atoms with Crippen LogP contribution in [0.5, 0.6) is 0 Å². The molecule has 4 saturated carbocycles. The van der Waals surface area contributed by atoms with Crippen LogP contribution in [-0.2, 0) is 14.9 Å². The van der Waals surface area contributed by atoms with Crippen LogP contribution in [0.3, 0.4) is 0 Å². The lowest BCUT2D eigenvalue weighted by molar-refractivity contribution is -0.351. The molecule has 4 fully saturated rings. The van der Waals surface area contributed by atoms with Gasteiger partial charge in [-0.3, -0.25) is 4.74 Å². The van der Waals surface area contributed by atoms with E-state index >= 15 is 0 Å². The second-order valence-corrected chi connectivity index (χ2v) is 9.19. The van der Waals surface area contributed by atoms with Crippen molar-refractivity contribution in [2.24, 2.45) is 0 Å². The first kappa shape index (κ1) is 18.6. The fourth-order valence-corrected chi connectivity index (χ4v) is 4.53. The monoisotopic (exact) mass is 388 g/mol. The second kappa shape index (κ2) is 5.62. The number of hydrogen-bond donors (Lipinski definition) is 1. The summed E-state index contributed by atoms with van der Waals surface area (Å²) in [6, 6.07) is 1.85. The van der Waals surface area contributed by atoms with Gasteiger partial charge in [0.2, 0.25) is 0 Å². The van der Waals surface area contributed by atoms with Gasteiger partial charge >= 0.3 is 12.5 Å². The molecular weight excluding hydrogens is 365 g/mol. The average Bonchev–Trinajstić information content (AvgIpc) is 2.81. The molecular formula is C18H23F3N2O4. The van der Waals surface area contributed by atoms with Crippen LogP contribution in [0.1, 0.15) is 70.2 Å². The minimum atomic E-state index is -4.59. The molecule has 2 bridgehead atoms. The first-order chi connectivity index (χ1) is 12.4. The Morgan fingerprint density at radius 2 is 1.89 bits per heavy atom. The molecule has 9 heteroatoms. The summed E-state index contributed by atoms with van der Waals surface area (Å²) in [5, 5.41) is 6.99. The van der Waals surface area contributed by atoms with Gasteiger partial charge in [0.25, 0.3) is 0 Å². The normalized spacial score (nSPS) is 34.9. The molecule has 150 valence electrons. The van der Waals surface area contributed by atoms with Crippen LogP contribution in [0.15, 0.2) is 10.6 Å². The number of hydrogen-bond acceptors (Lipinski definition) is 5. The van der Waals surface area contributed by atoms with Crippen LogP contribution in [0.2, 0.25) is 0 Å². The number of alkyl carbamates (subject to hydrolysis) is 1. The summed E-state index contributed by atoms with van der Waals surface area (Å²) in [5.41, 5.74) is -0.212. The number of halogens is 3. The van der Waals surface area contributed by atoms with Crippen molar-refractivity contribution in [3.8, 4) is 0 Å². The molecule has 0 radical (unpaired) electrons. The van der Waals surface area contributed by atoms with Gasteiger partial charge in [0, 0.05) is 22.9 Å². The Bertz CT molecular complexity index is 727. The highest BCUT2D eigenvalue weighted by atomic mass is 19.4. The molecule has 0 spiro atoms. The maximum Gasteiger partial charge on any atom is 0.522 e. The molecule has 0 atom stereocenters. The molecule has 0 saturated heterocycles. The molecule has 27 heavy (non-hydrogen) atoms. The molecule has 0 unspecified atom stereocenters. The maximum atomic E-state index is 12.2. The fourth-order valence-electron chi connectivity index (χ4n) is 4.53. The summed E-state index contributed by atoms with van der Waals surface area (Å²) in [5.74, 6) is 0.696. The van der Waals surface area contributed by atoms with Crippen molar-refractivity contribution < 1.29 is 32.0 Å². The first-order valence-corrected chi connectivity index (χ1v) is 9.10. The van der Waals surface area contributed by atoms with Crippen molar-refractivity contribution in [2.45, 2.75) is 87.8 Å². The largest absolute Gasteiger partial charge is 0.522 e. The number of alkyl halides is 3. The second-order valence-electron chi connectivity index (χ2n) is 9.19. The topological polar surface area (TPSA) is 73.6 Å². The van der Waals surface area contributed by atoms with Crippen LogP contribution in [0.25, 0.3) is 0 Å². The molecule has 0 aliphatic heterocycles. The van der Waals surface area contributed by atoms with Crippen LogP contribution in [0, 0.1) is 0 Å². The van der Waals surface area contributed by atoms with Crippen molar-refractivity contribution in [3.63, 3.8) is 0 Å². The summed E-state index contributed by atoms with van der Waals surface area (Å²) in [6.07, 6.45) is -2.93. The van der Waals surface area contributed by atoms with Crippen LogP contribution in [0.4, 0.5) is 18.0 Å². The van der Waals surface area contributed by atoms with E-state index in [1.54, 1.807) is 0 Å². The van der Waals surface area contributed by atoms with E-state index in [4.69, 9.17) is 9.26 Å². The number of amides is 1. The van der Waals surface area contributed by atoms with Crippen molar-refractivity contribution in [3.05, 3.63) is 17.5 Å². The van der Waals surface area contributed by atoms with E-state index in [1.165, 1.54) is 0 Å². The van der Waals surface area contributed by atoms with Crippen molar-refractivity contribution in [1.82, 2.24) is 10.5 Å². The number of rotatable bonds is 4. The molecule has 1 amide bonds. The Kier molecular flexibility index (Phi) is 3.87. The van der Waals surface area contributed by atoms with E-state index in [9.17, 15) is 18.0 Å². The Morgan fingerprint density at radius 3 is 2.44 bits per heavy atom. The molecule has 4 aliphatic carbocycles. The van der Waals surface area contributed by atoms with Crippen LogP contribution < -0.4 is 5.32 Å². The number of ether oxygens (including phenoxy) is 2. The van der Waals surface area contributed by atoms with Crippen LogP contribution in [-0.4, -0.2) is 34.9 Å². The zero-order chi connectivity index (χ0) is 19.7. The summed E-state index contributed by atoms with van der Waals surface area (Å²) in [7, 11) is 0. The molecule has 1 heterocycles. The van der Waals surface area contributed by atoms with Gasteiger partial charge in [-0.15, -0.1) is 13.2 Å². The number of aromatic nitrogens is 1. The molecule has 1 aromatic heterocycles. The van der Waals surface area contributed by atoms with Gasteiger partial charge in [0.05, 0.1) is 11.8 Å². The standard InChI is InChI=1S/C18H23F3N2O4/c1-15(2,3)26-14(24)22-17-7-16(8-17,9-17)13-6-12(23-27-13)10-4-11(5-10)25-18(19,20)21/h6,10-11H,4-5,7-9H2,1-3H3,(H,22,24). The molecule has 1 N–H and O–H groups in total. The Labute approximate surface area is 154 Å². The zero-order valence-corrected chi connectivity index (χ0v) is 15.5. The third kappa shape index (κ3) is 3.53. The van der Waals surface area contributed by atoms with Crippen molar-refractivity contribution in [1.29, 1.82) is 0 Å². The highest BCUT2D eigenvalue weighted by molar-refractivity contribution is 5.70. The van der Waals surface area contributed by atoms with Gasteiger partial charge in [0.15, 0.2) is 0 Å². The van der Waals surface area contributed by atoms with Gasteiger partial charge in [-0.25, -0.2) is 4.79 Å². The van der Waals surface area contributed by atoms with Crippen molar-refractivity contribution in [2.75, 3.05) is 0 Å². The predicted molar refractivity (Wildman–Crippen MR) is 87.0 cm³/mol. The predicted octanol–water partition coefficient (Wildman–Crippen LogP) is 4.16. The molecule has 1 aromatic rings. The Morgan fingerprint density at radius 1 is 1.26 bits per heavy atom. The average molecular weight is 388 g/mol. The third-order valence-electron chi connectivity index (χ3n) is 5.66. The molecule has 4 aliphatic rings. The lowest BCUT2D eigenvalue weighted by Crippen LogP contribution is -2.76.